The molecule has 0 aromatic heterocycles. The maximum atomic E-state index is 10.8. The second-order valence-corrected chi connectivity index (χ2v) is 17.7. The van der Waals surface area contributed by atoms with Crippen molar-refractivity contribution in [2.24, 2.45) is 0 Å². The Kier molecular flexibility index (Phi) is 108. The summed E-state index contributed by atoms with van der Waals surface area (Å²) in [6.45, 7) is 9.97. The van der Waals surface area contributed by atoms with Gasteiger partial charge in [-0.1, -0.05) is 19.3 Å². The largest absolute Gasteiger partial charge is 0.385 e. The molecule has 0 aliphatic carbocycles. The highest BCUT2D eigenvalue weighted by molar-refractivity contribution is 5.78. The number of likely N-dealkylation sites (N-methyl/N-ethyl adjacent to an activating group) is 3. The molecule has 0 aromatic rings. The lowest BCUT2D eigenvalue weighted by Gasteiger charge is -2.02. The Morgan fingerprint density at radius 1 is 0.193 bits per heavy atom. The van der Waals surface area contributed by atoms with Crippen molar-refractivity contribution in [2.45, 2.75) is 109 Å². The molecule has 0 saturated heterocycles. The van der Waals surface area contributed by atoms with E-state index >= 15 is 0 Å². The van der Waals surface area contributed by atoms with Gasteiger partial charge in [0.2, 0.25) is 47.3 Å². The zero-order valence-electron chi connectivity index (χ0n) is 57.3. The molecule has 29 nitrogen and oxygen atoms in total. The van der Waals surface area contributed by atoms with Crippen LogP contribution in [0.15, 0.2) is 0 Å². The normalized spacial score (nSPS) is 9.64. The number of amides is 8. The third-order valence-electron chi connectivity index (χ3n) is 10.4. The highest BCUT2D eigenvalue weighted by Crippen LogP contribution is 2.03. The predicted molar refractivity (Wildman–Crippen MR) is 340 cm³/mol. The van der Waals surface area contributed by atoms with Gasteiger partial charge < -0.3 is 104 Å². The van der Waals surface area contributed by atoms with Gasteiger partial charge in [0, 0.05) is 205 Å². The summed E-state index contributed by atoms with van der Waals surface area (Å²) in [4.78, 5) is 84.9. The summed E-state index contributed by atoms with van der Waals surface area (Å²) in [6.07, 6.45) is 14.5. The minimum atomic E-state index is -0.0950. The topological polar surface area (TPSA) is 353 Å². The standard InChI is InChI=1S/C9H19NO2.3C8H17NO3.C8H17NO2.2C7H15NO3.C4H9NO2/c1-10-9(11)7-5-3-4-6-8-12-2;1-9-8(10)4-7-12-6-3-5-11-2;1-9-8(10)4-3-5-12-7-6-11-2;1-9-8(10)7-12-6-4-3-5-11-2;1-9-8(10)6-4-3-5-7-11-2;1-8-7(9)3-4-11-6-5-10-2;1-8-7(9)6-11-5-3-4-10-2;1-5-4(6)3-7-2/h3-8H2,1-2H3,(H,10,11);3*3-7H2,1-2H3,(H,9,10);3-7H2,1-2H3,(H,9,10);2*3-6H2,1-2H3,(H,8,9);3H2,1-2H3,(H,5,6). The number of hydrogen-bond donors (Lipinski definition) is 8. The van der Waals surface area contributed by atoms with Crippen LogP contribution in [0.3, 0.4) is 0 Å². The first-order chi connectivity index (χ1) is 42.5. The lowest BCUT2D eigenvalue weighted by molar-refractivity contribution is -0.126. The van der Waals surface area contributed by atoms with Crippen LogP contribution < -0.4 is 42.5 Å². The number of carbonyl (C=O) groups excluding carboxylic acids is 8. The Hall–Kier alpha value is -4.76. The number of methoxy groups -OCH3 is 8. The summed E-state index contributed by atoms with van der Waals surface area (Å²) in [5.41, 5.74) is 0. The number of hydrogen-bond acceptors (Lipinski definition) is 21. The summed E-state index contributed by atoms with van der Waals surface area (Å²) in [5.74, 6) is 0.0744. The molecule has 0 rings (SSSR count). The van der Waals surface area contributed by atoms with Gasteiger partial charge in [0.15, 0.2) is 0 Å². The highest BCUT2D eigenvalue weighted by atomic mass is 16.5. The van der Waals surface area contributed by atoms with Crippen LogP contribution in [0, 0.1) is 0 Å². The maximum absolute atomic E-state index is 10.8. The molecule has 0 atom stereocenters. The molecule has 0 spiro atoms. The number of ether oxygens (including phenoxy) is 13. The number of unbranched alkanes of at least 4 members (excludes halogenated alkanes) is 6. The molecular weight excluding hydrogens is 1160 g/mol. The monoisotopic (exact) mass is 1280 g/mol. The molecule has 88 heavy (non-hydrogen) atoms. The van der Waals surface area contributed by atoms with Gasteiger partial charge in [-0.2, -0.15) is 0 Å². The molecule has 29 heteroatoms. The van der Waals surface area contributed by atoms with Gasteiger partial charge in [-0.3, -0.25) is 38.4 Å². The van der Waals surface area contributed by atoms with Crippen molar-refractivity contribution in [1.82, 2.24) is 42.5 Å². The van der Waals surface area contributed by atoms with Gasteiger partial charge in [-0.05, 0) is 57.8 Å². The summed E-state index contributed by atoms with van der Waals surface area (Å²) in [5, 5.41) is 20.1. The first-order valence-corrected chi connectivity index (χ1v) is 29.9. The average molecular weight is 1280 g/mol. The van der Waals surface area contributed by atoms with Crippen molar-refractivity contribution < 1.29 is 99.9 Å². The van der Waals surface area contributed by atoms with Crippen LogP contribution in [0.1, 0.15) is 109 Å². The van der Waals surface area contributed by atoms with Crippen molar-refractivity contribution in [3.63, 3.8) is 0 Å². The smallest absolute Gasteiger partial charge is 0.245 e. The first-order valence-electron chi connectivity index (χ1n) is 29.9. The zero-order chi connectivity index (χ0) is 68.2. The molecule has 8 N–H and O–H groups in total. The van der Waals surface area contributed by atoms with Crippen LogP contribution in [0.2, 0.25) is 0 Å². The number of rotatable bonds is 48. The highest BCUT2D eigenvalue weighted by Gasteiger charge is 2.01. The minimum absolute atomic E-state index is 0.00224. The molecule has 528 valence electrons. The van der Waals surface area contributed by atoms with Gasteiger partial charge in [0.25, 0.3) is 0 Å². The van der Waals surface area contributed by atoms with Crippen LogP contribution in [-0.4, -0.2) is 279 Å². The van der Waals surface area contributed by atoms with Crippen LogP contribution in [-0.2, 0) is 99.9 Å². The Morgan fingerprint density at radius 2 is 0.432 bits per heavy atom. The third kappa shape index (κ3) is 116. The molecule has 0 heterocycles. The van der Waals surface area contributed by atoms with E-state index in [1.54, 1.807) is 106 Å². The number of nitrogens with one attached hydrogen (secondary N) is 8. The Balaban J connectivity index is -0.000000139. The van der Waals surface area contributed by atoms with E-state index < -0.39 is 0 Å². The van der Waals surface area contributed by atoms with Crippen molar-refractivity contribution in [1.29, 1.82) is 0 Å². The molecule has 0 bridgehead atoms. The Morgan fingerprint density at radius 3 is 0.773 bits per heavy atom. The van der Waals surface area contributed by atoms with Crippen LogP contribution in [0.5, 0.6) is 0 Å². The number of carbonyl (C=O) groups is 8. The quantitative estimate of drug-likeness (QED) is 0.0402. The molecule has 0 radical (unpaired) electrons. The molecular formula is C59H126N8O21. The van der Waals surface area contributed by atoms with Crippen LogP contribution in [0.4, 0.5) is 0 Å². The summed E-state index contributed by atoms with van der Waals surface area (Å²) < 4.78 is 63.7. The lowest BCUT2D eigenvalue weighted by atomic mass is 10.1. The van der Waals surface area contributed by atoms with E-state index in [9.17, 15) is 38.4 Å². The Labute approximate surface area is 529 Å². The molecule has 0 saturated carbocycles. The molecule has 0 aliphatic heterocycles. The van der Waals surface area contributed by atoms with Gasteiger partial charge in [-0.25, -0.2) is 0 Å². The minimum Gasteiger partial charge on any atom is -0.385 e. The molecule has 0 unspecified atom stereocenters. The van der Waals surface area contributed by atoms with Crippen LogP contribution in [0.25, 0.3) is 0 Å². The summed E-state index contributed by atoms with van der Waals surface area (Å²) in [6, 6.07) is 0. The molecule has 8 amide bonds. The van der Waals surface area contributed by atoms with E-state index in [-0.39, 0.29) is 67.1 Å². The summed E-state index contributed by atoms with van der Waals surface area (Å²) >= 11 is 0. The van der Waals surface area contributed by atoms with E-state index in [4.69, 9.17) is 56.8 Å². The summed E-state index contributed by atoms with van der Waals surface area (Å²) in [7, 11) is 26.0. The van der Waals surface area contributed by atoms with E-state index in [0.29, 0.717) is 111 Å². The molecule has 0 aliphatic rings. The van der Waals surface area contributed by atoms with E-state index in [1.807, 2.05) is 0 Å². The van der Waals surface area contributed by atoms with E-state index in [0.717, 1.165) is 96.9 Å². The molecule has 0 fully saturated rings. The predicted octanol–water partition coefficient (Wildman–Crippen LogP) is 1.75. The van der Waals surface area contributed by atoms with Gasteiger partial charge in [0.1, 0.15) is 19.8 Å². The second-order valence-electron chi connectivity index (χ2n) is 17.7. The third-order valence-corrected chi connectivity index (χ3v) is 10.4. The fourth-order valence-electron chi connectivity index (χ4n) is 5.21. The fraction of sp³-hybridized carbons (Fsp3) is 0.864. The molecule has 0 aromatic carbocycles. The SMILES string of the molecule is CNC(=O)CCCCCCOC.CNC(=O)CCCCCOC.CNC(=O)CCCOCCOC.CNC(=O)CCOCCCOC.CNC(=O)CCOCCOC.CNC(=O)COC.CNC(=O)COCCCCOC.CNC(=O)COCCCOC. The van der Waals surface area contributed by atoms with Gasteiger partial charge >= 0.3 is 0 Å². The van der Waals surface area contributed by atoms with Crippen molar-refractivity contribution >= 4 is 47.3 Å². The second kappa shape index (κ2) is 95.9. The zero-order valence-corrected chi connectivity index (χ0v) is 57.3. The lowest BCUT2D eigenvalue weighted by Crippen LogP contribution is -2.23. The van der Waals surface area contributed by atoms with Crippen LogP contribution >= 0.6 is 0 Å². The van der Waals surface area contributed by atoms with Gasteiger partial charge in [0.05, 0.1) is 39.6 Å². The first kappa shape index (κ1) is 99.4. The van der Waals surface area contributed by atoms with E-state index in [2.05, 4.69) is 47.3 Å². The van der Waals surface area contributed by atoms with Crippen molar-refractivity contribution in [3.05, 3.63) is 0 Å². The maximum Gasteiger partial charge on any atom is 0.245 e. The Bertz CT molecular complexity index is 1290. The fourth-order valence-corrected chi connectivity index (χ4v) is 5.21. The van der Waals surface area contributed by atoms with Crippen molar-refractivity contribution in [3.8, 4) is 0 Å². The van der Waals surface area contributed by atoms with Gasteiger partial charge in [-0.15, -0.1) is 0 Å². The van der Waals surface area contributed by atoms with Crippen molar-refractivity contribution in [2.75, 3.05) is 232 Å². The van der Waals surface area contributed by atoms with E-state index in [1.165, 1.54) is 7.11 Å². The average Bonchev–Trinajstić information content (AvgIpc) is 3.54.